The number of nitriles is 1. The molecule has 1 saturated heterocycles. The van der Waals surface area contributed by atoms with Gasteiger partial charge < -0.3 is 28.9 Å². The molecule has 1 aliphatic heterocycles. The first kappa shape index (κ1) is 28.8. The summed E-state index contributed by atoms with van der Waals surface area (Å²) in [5, 5.41) is 9.61. The summed E-state index contributed by atoms with van der Waals surface area (Å²) < 4.78 is 16.5. The van der Waals surface area contributed by atoms with Crippen molar-refractivity contribution in [1.29, 1.82) is 5.26 Å². The number of aromatic nitrogens is 3. The third-order valence-corrected chi connectivity index (χ3v) is 6.67. The van der Waals surface area contributed by atoms with Crippen LogP contribution in [0, 0.1) is 17.2 Å². The minimum absolute atomic E-state index is 0.0145. The van der Waals surface area contributed by atoms with Crippen LogP contribution in [0.25, 0.3) is 11.0 Å². The average Bonchev–Trinajstić information content (AvgIpc) is 3.35. The molecular formula is C25H35N7O6. The van der Waals surface area contributed by atoms with Crippen molar-refractivity contribution in [2.45, 2.75) is 25.8 Å². The number of likely N-dealkylation sites (tertiary alicyclic amines) is 1. The molecule has 3 heterocycles. The van der Waals surface area contributed by atoms with Crippen molar-refractivity contribution >= 4 is 34.8 Å². The molecule has 0 saturated carbocycles. The third kappa shape index (κ3) is 6.96. The Morgan fingerprint density at radius 1 is 1.21 bits per heavy atom. The topological polar surface area (TPSA) is 143 Å². The van der Waals surface area contributed by atoms with E-state index >= 15 is 0 Å². The molecule has 2 atom stereocenters. The standard InChI is InChI=1S/C25H35N7O6/c1-18-6-9-31(21(33)5-8-26)15-20(18)30(3)23-19-7-10-32(24(19)28-17-27-23)25(35)29(2)11-12-38-22(34)16-37-14-13-36-4/h7,10,17-18,20H,5-6,9,11-16H2,1-4H3/t18-,20+/m1/s1. The van der Waals surface area contributed by atoms with Crippen LogP contribution in [0.4, 0.5) is 10.6 Å². The Bertz CT molecular complexity index is 1160. The molecule has 0 bridgehead atoms. The molecule has 13 heteroatoms. The molecule has 0 aliphatic carbocycles. The smallest absolute Gasteiger partial charge is 0.332 e. The molecule has 3 rings (SSSR count). The second kappa shape index (κ2) is 13.7. The van der Waals surface area contributed by atoms with Gasteiger partial charge in [-0.2, -0.15) is 5.26 Å². The summed E-state index contributed by atoms with van der Waals surface area (Å²) in [5.74, 6) is 0.255. The van der Waals surface area contributed by atoms with Gasteiger partial charge in [0.25, 0.3) is 0 Å². The monoisotopic (exact) mass is 529 g/mol. The molecule has 2 aromatic rings. The highest BCUT2D eigenvalue weighted by Gasteiger charge is 2.33. The molecule has 1 fully saturated rings. The number of fused-ring (bicyclic) bond motifs is 1. The normalized spacial score (nSPS) is 17.2. The van der Waals surface area contributed by atoms with E-state index in [-0.39, 0.29) is 44.2 Å². The molecule has 1 aliphatic rings. The average molecular weight is 530 g/mol. The molecule has 0 aromatic carbocycles. The molecule has 38 heavy (non-hydrogen) atoms. The molecule has 0 N–H and O–H groups in total. The van der Waals surface area contributed by atoms with Crippen molar-refractivity contribution in [3.63, 3.8) is 0 Å². The Hall–Kier alpha value is -3.76. The van der Waals surface area contributed by atoms with Gasteiger partial charge in [-0.25, -0.2) is 19.6 Å². The minimum atomic E-state index is -0.515. The van der Waals surface area contributed by atoms with Crippen LogP contribution in [0.1, 0.15) is 19.8 Å². The number of carbonyl (C=O) groups excluding carboxylic acids is 3. The van der Waals surface area contributed by atoms with Gasteiger partial charge in [0, 0.05) is 40.5 Å². The van der Waals surface area contributed by atoms with Gasteiger partial charge in [0.1, 0.15) is 31.8 Å². The maximum atomic E-state index is 13.1. The number of methoxy groups -OCH3 is 1. The predicted molar refractivity (Wildman–Crippen MR) is 137 cm³/mol. The fourth-order valence-corrected chi connectivity index (χ4v) is 4.40. The molecule has 2 amide bonds. The third-order valence-electron chi connectivity index (χ3n) is 6.67. The molecule has 0 radical (unpaired) electrons. The fourth-order valence-electron chi connectivity index (χ4n) is 4.40. The van der Waals surface area contributed by atoms with Crippen molar-refractivity contribution in [1.82, 2.24) is 24.3 Å². The zero-order valence-electron chi connectivity index (χ0n) is 22.3. The maximum absolute atomic E-state index is 13.1. The van der Waals surface area contributed by atoms with Crippen LogP contribution in [0.2, 0.25) is 0 Å². The summed E-state index contributed by atoms with van der Waals surface area (Å²) in [7, 11) is 5.07. The van der Waals surface area contributed by atoms with Crippen LogP contribution >= 0.6 is 0 Å². The number of likely N-dealkylation sites (N-methyl/N-ethyl adjacent to an activating group) is 2. The zero-order valence-corrected chi connectivity index (χ0v) is 22.3. The number of amides is 2. The lowest BCUT2D eigenvalue weighted by molar-refractivity contribution is -0.149. The quantitative estimate of drug-likeness (QED) is 0.307. The lowest BCUT2D eigenvalue weighted by Crippen LogP contribution is -2.52. The highest BCUT2D eigenvalue weighted by molar-refractivity contribution is 5.94. The molecule has 13 nitrogen and oxygen atoms in total. The molecule has 0 unspecified atom stereocenters. The van der Waals surface area contributed by atoms with Crippen LogP contribution in [0.5, 0.6) is 0 Å². The largest absolute Gasteiger partial charge is 0.462 e. The van der Waals surface area contributed by atoms with Gasteiger partial charge in [-0.1, -0.05) is 6.92 Å². The minimum Gasteiger partial charge on any atom is -0.462 e. The number of piperidine rings is 1. The molecular weight excluding hydrogens is 494 g/mol. The Labute approximate surface area is 221 Å². The summed E-state index contributed by atoms with van der Waals surface area (Å²) in [6, 6.07) is 3.37. The fraction of sp³-hybridized carbons (Fsp3) is 0.600. The molecule has 2 aromatic heterocycles. The Balaban J connectivity index is 1.66. The number of esters is 1. The van der Waals surface area contributed by atoms with Gasteiger partial charge in [0.15, 0.2) is 5.65 Å². The van der Waals surface area contributed by atoms with E-state index in [0.717, 1.165) is 6.42 Å². The SMILES string of the molecule is COCCOCC(=O)OCCN(C)C(=O)n1ccc2c(N(C)[C@H]3CN(C(=O)CC#N)CC[C@H]3C)ncnc21. The van der Waals surface area contributed by atoms with Crippen LogP contribution in [-0.2, 0) is 23.8 Å². The number of hydrogen-bond acceptors (Lipinski definition) is 10. The van der Waals surface area contributed by atoms with E-state index in [1.54, 1.807) is 31.3 Å². The maximum Gasteiger partial charge on any atom is 0.332 e. The lowest BCUT2D eigenvalue weighted by Gasteiger charge is -2.42. The number of carbonyl (C=O) groups is 3. The second-order valence-electron chi connectivity index (χ2n) is 9.21. The lowest BCUT2D eigenvalue weighted by atomic mass is 9.92. The van der Waals surface area contributed by atoms with Crippen LogP contribution in [0.3, 0.4) is 0 Å². The van der Waals surface area contributed by atoms with E-state index in [1.807, 2.05) is 18.0 Å². The van der Waals surface area contributed by atoms with Crippen LogP contribution in [-0.4, -0.2) is 116 Å². The van der Waals surface area contributed by atoms with Gasteiger partial charge in [0.05, 0.1) is 37.3 Å². The van der Waals surface area contributed by atoms with Crippen LogP contribution < -0.4 is 4.90 Å². The number of ether oxygens (including phenoxy) is 3. The van der Waals surface area contributed by atoms with Crippen molar-refractivity contribution in [2.24, 2.45) is 5.92 Å². The van der Waals surface area contributed by atoms with Crippen molar-refractivity contribution in [3.05, 3.63) is 18.6 Å². The van der Waals surface area contributed by atoms with E-state index in [9.17, 15) is 14.4 Å². The van der Waals surface area contributed by atoms with E-state index in [4.69, 9.17) is 19.5 Å². The first-order chi connectivity index (χ1) is 18.3. The highest BCUT2D eigenvalue weighted by Crippen LogP contribution is 2.29. The van der Waals surface area contributed by atoms with Crippen molar-refractivity contribution < 1.29 is 28.6 Å². The highest BCUT2D eigenvalue weighted by atomic mass is 16.6. The molecule has 0 spiro atoms. The summed E-state index contributed by atoms with van der Waals surface area (Å²) >= 11 is 0. The van der Waals surface area contributed by atoms with Crippen molar-refractivity contribution in [2.75, 3.05) is 72.2 Å². The van der Waals surface area contributed by atoms with E-state index in [1.165, 1.54) is 15.8 Å². The Kier molecular flexibility index (Phi) is 10.4. The zero-order chi connectivity index (χ0) is 27.7. The van der Waals surface area contributed by atoms with Crippen molar-refractivity contribution in [3.8, 4) is 6.07 Å². The number of anilines is 1. The van der Waals surface area contributed by atoms with Gasteiger partial charge >= 0.3 is 12.0 Å². The van der Waals surface area contributed by atoms with E-state index in [0.29, 0.717) is 49.1 Å². The summed E-state index contributed by atoms with van der Waals surface area (Å²) in [5.41, 5.74) is 0.447. The van der Waals surface area contributed by atoms with Gasteiger partial charge in [-0.15, -0.1) is 0 Å². The van der Waals surface area contributed by atoms with Gasteiger partial charge in [-0.3, -0.25) is 9.36 Å². The van der Waals surface area contributed by atoms with Gasteiger partial charge in [-0.05, 0) is 18.4 Å². The summed E-state index contributed by atoms with van der Waals surface area (Å²) in [4.78, 5) is 51.2. The first-order valence-corrected chi connectivity index (χ1v) is 12.5. The second-order valence-corrected chi connectivity index (χ2v) is 9.21. The Morgan fingerprint density at radius 3 is 2.74 bits per heavy atom. The Morgan fingerprint density at radius 2 is 2.00 bits per heavy atom. The first-order valence-electron chi connectivity index (χ1n) is 12.5. The van der Waals surface area contributed by atoms with E-state index < -0.39 is 5.97 Å². The van der Waals surface area contributed by atoms with Gasteiger partial charge in [0.2, 0.25) is 5.91 Å². The number of nitrogens with zero attached hydrogens (tertiary/aromatic N) is 7. The molecule has 206 valence electrons. The van der Waals surface area contributed by atoms with Crippen LogP contribution in [0.15, 0.2) is 18.6 Å². The predicted octanol–water partition coefficient (Wildman–Crippen LogP) is 1.12. The summed E-state index contributed by atoms with van der Waals surface area (Å²) in [6.07, 6.45) is 3.73. The number of hydrogen-bond donors (Lipinski definition) is 0. The summed E-state index contributed by atoms with van der Waals surface area (Å²) in [6.45, 7) is 3.95. The number of rotatable bonds is 11. The van der Waals surface area contributed by atoms with E-state index in [2.05, 4.69) is 16.9 Å².